The molecule has 70 valence electrons. The summed E-state index contributed by atoms with van der Waals surface area (Å²) >= 11 is 0. The van der Waals surface area contributed by atoms with Gasteiger partial charge in [0, 0.05) is 19.8 Å². The van der Waals surface area contributed by atoms with Crippen molar-refractivity contribution in [2.45, 2.75) is 33.6 Å². The SMILES string of the molecule is C/C=C(/C=C(/CC)N(C)C)CC. The zero-order valence-corrected chi connectivity index (χ0v) is 9.02. The average Bonchev–Trinajstić information content (AvgIpc) is 2.06. The van der Waals surface area contributed by atoms with Gasteiger partial charge in [-0.15, -0.1) is 0 Å². The summed E-state index contributed by atoms with van der Waals surface area (Å²) in [7, 11) is 4.19. The molecule has 0 aromatic heterocycles. The molecular formula is C11H21N. The fourth-order valence-electron chi connectivity index (χ4n) is 1.15. The Balaban J connectivity index is 4.47. The van der Waals surface area contributed by atoms with Crippen molar-refractivity contribution in [3.05, 3.63) is 23.4 Å². The van der Waals surface area contributed by atoms with Crippen molar-refractivity contribution >= 4 is 0 Å². The molecule has 1 nitrogen and oxygen atoms in total. The molecular weight excluding hydrogens is 146 g/mol. The summed E-state index contributed by atoms with van der Waals surface area (Å²) in [6.45, 7) is 6.47. The molecule has 0 rings (SSSR count). The van der Waals surface area contributed by atoms with Gasteiger partial charge in [-0.1, -0.05) is 25.5 Å². The fourth-order valence-corrected chi connectivity index (χ4v) is 1.15. The van der Waals surface area contributed by atoms with Crippen LogP contribution in [0.2, 0.25) is 0 Å². The highest BCUT2D eigenvalue weighted by Gasteiger charge is 1.96. The predicted octanol–water partition coefficient (Wildman–Crippen LogP) is 3.20. The first-order valence-corrected chi connectivity index (χ1v) is 4.68. The minimum atomic E-state index is 1.10. The summed E-state index contributed by atoms with van der Waals surface area (Å²) in [6.07, 6.45) is 6.68. The Labute approximate surface area is 76.8 Å². The van der Waals surface area contributed by atoms with E-state index in [2.05, 4.69) is 51.9 Å². The highest BCUT2D eigenvalue weighted by Crippen LogP contribution is 2.10. The Morgan fingerprint density at radius 1 is 1.17 bits per heavy atom. The predicted molar refractivity (Wildman–Crippen MR) is 56.1 cm³/mol. The van der Waals surface area contributed by atoms with E-state index >= 15 is 0 Å². The number of hydrogen-bond acceptors (Lipinski definition) is 1. The van der Waals surface area contributed by atoms with Crippen molar-refractivity contribution in [2.75, 3.05) is 14.1 Å². The maximum atomic E-state index is 2.28. The molecule has 0 spiro atoms. The van der Waals surface area contributed by atoms with E-state index in [0.29, 0.717) is 0 Å². The van der Waals surface area contributed by atoms with Crippen LogP contribution in [0.25, 0.3) is 0 Å². The third kappa shape index (κ3) is 3.61. The van der Waals surface area contributed by atoms with Gasteiger partial charge in [-0.2, -0.15) is 0 Å². The topological polar surface area (TPSA) is 3.24 Å². The van der Waals surface area contributed by atoms with Crippen LogP contribution >= 0.6 is 0 Å². The Hall–Kier alpha value is -0.720. The van der Waals surface area contributed by atoms with E-state index in [1.54, 1.807) is 0 Å². The zero-order valence-electron chi connectivity index (χ0n) is 9.02. The van der Waals surface area contributed by atoms with Gasteiger partial charge in [0.2, 0.25) is 0 Å². The molecule has 0 aromatic carbocycles. The minimum absolute atomic E-state index is 1.10. The van der Waals surface area contributed by atoms with Crippen LogP contribution in [0.5, 0.6) is 0 Å². The summed E-state index contributed by atoms with van der Waals surface area (Å²) in [4.78, 5) is 2.18. The molecule has 0 aromatic rings. The van der Waals surface area contributed by atoms with E-state index in [0.717, 1.165) is 12.8 Å². The molecule has 1 heteroatoms. The van der Waals surface area contributed by atoms with Crippen LogP contribution in [0.4, 0.5) is 0 Å². The first kappa shape index (κ1) is 11.3. The molecule has 0 aliphatic rings. The van der Waals surface area contributed by atoms with Crippen molar-refractivity contribution in [1.29, 1.82) is 0 Å². The summed E-state index contributed by atoms with van der Waals surface area (Å²) in [6, 6.07) is 0. The zero-order chi connectivity index (χ0) is 9.56. The van der Waals surface area contributed by atoms with Gasteiger partial charge in [0.1, 0.15) is 0 Å². The van der Waals surface area contributed by atoms with Crippen LogP contribution in [0, 0.1) is 0 Å². The monoisotopic (exact) mass is 167 g/mol. The van der Waals surface area contributed by atoms with Gasteiger partial charge in [0.15, 0.2) is 0 Å². The smallest absolute Gasteiger partial charge is 0.0127 e. The summed E-state index contributed by atoms with van der Waals surface area (Å²) in [5.41, 5.74) is 2.81. The molecule has 0 aliphatic heterocycles. The molecule has 0 atom stereocenters. The molecule has 0 saturated heterocycles. The van der Waals surface area contributed by atoms with Crippen LogP contribution in [-0.4, -0.2) is 19.0 Å². The molecule has 0 radical (unpaired) electrons. The third-order valence-corrected chi connectivity index (χ3v) is 2.07. The van der Waals surface area contributed by atoms with Crippen molar-refractivity contribution < 1.29 is 0 Å². The lowest BCUT2D eigenvalue weighted by Gasteiger charge is -2.16. The Morgan fingerprint density at radius 2 is 1.75 bits per heavy atom. The molecule has 0 aliphatic carbocycles. The van der Waals surface area contributed by atoms with Gasteiger partial charge in [-0.3, -0.25) is 0 Å². The first-order chi connectivity index (χ1) is 5.65. The number of hydrogen-bond donors (Lipinski definition) is 0. The standard InChI is InChI=1S/C11H21N/c1-6-10(7-2)9-11(8-3)12(4)5/h6,9H,7-8H2,1-5H3/b10-6+,11-9-. The average molecular weight is 167 g/mol. The minimum Gasteiger partial charge on any atom is -0.381 e. The number of rotatable bonds is 4. The lowest BCUT2D eigenvalue weighted by molar-refractivity contribution is 0.493. The van der Waals surface area contributed by atoms with Crippen LogP contribution < -0.4 is 0 Å². The molecule has 0 saturated carbocycles. The van der Waals surface area contributed by atoms with E-state index in [1.165, 1.54) is 11.3 Å². The van der Waals surface area contributed by atoms with Crippen LogP contribution in [0.1, 0.15) is 33.6 Å². The van der Waals surface area contributed by atoms with Gasteiger partial charge in [0.25, 0.3) is 0 Å². The van der Waals surface area contributed by atoms with E-state index in [9.17, 15) is 0 Å². The van der Waals surface area contributed by atoms with Crippen LogP contribution in [-0.2, 0) is 0 Å². The van der Waals surface area contributed by atoms with Crippen molar-refractivity contribution in [1.82, 2.24) is 4.90 Å². The number of allylic oxidation sites excluding steroid dienone is 4. The Morgan fingerprint density at radius 3 is 2.00 bits per heavy atom. The van der Waals surface area contributed by atoms with Crippen molar-refractivity contribution in [2.24, 2.45) is 0 Å². The molecule has 0 N–H and O–H groups in total. The van der Waals surface area contributed by atoms with Gasteiger partial charge in [-0.05, 0) is 25.8 Å². The quantitative estimate of drug-likeness (QED) is 0.581. The number of nitrogens with zero attached hydrogens (tertiary/aromatic N) is 1. The Bertz CT molecular complexity index is 175. The second-order valence-electron chi connectivity index (χ2n) is 3.10. The van der Waals surface area contributed by atoms with Gasteiger partial charge >= 0.3 is 0 Å². The summed E-state index contributed by atoms with van der Waals surface area (Å²) in [5, 5.41) is 0. The highest BCUT2D eigenvalue weighted by atomic mass is 15.1. The third-order valence-electron chi connectivity index (χ3n) is 2.07. The Kier molecular flexibility index (Phi) is 5.52. The lowest BCUT2D eigenvalue weighted by atomic mass is 10.1. The molecule has 0 bridgehead atoms. The van der Waals surface area contributed by atoms with Crippen LogP contribution in [0.15, 0.2) is 23.4 Å². The van der Waals surface area contributed by atoms with E-state index in [1.807, 2.05) is 0 Å². The van der Waals surface area contributed by atoms with Gasteiger partial charge in [-0.25, -0.2) is 0 Å². The molecule has 0 fully saturated rings. The molecule has 0 amide bonds. The van der Waals surface area contributed by atoms with Gasteiger partial charge in [0.05, 0.1) is 0 Å². The normalized spacial score (nSPS) is 13.4. The largest absolute Gasteiger partial charge is 0.381 e. The van der Waals surface area contributed by atoms with Crippen molar-refractivity contribution in [3.8, 4) is 0 Å². The maximum Gasteiger partial charge on any atom is 0.0127 e. The van der Waals surface area contributed by atoms with E-state index < -0.39 is 0 Å². The lowest BCUT2D eigenvalue weighted by Crippen LogP contribution is -2.10. The van der Waals surface area contributed by atoms with E-state index in [4.69, 9.17) is 0 Å². The van der Waals surface area contributed by atoms with Crippen molar-refractivity contribution in [3.63, 3.8) is 0 Å². The maximum absolute atomic E-state index is 2.28. The molecule has 12 heavy (non-hydrogen) atoms. The van der Waals surface area contributed by atoms with E-state index in [-0.39, 0.29) is 0 Å². The molecule has 0 heterocycles. The van der Waals surface area contributed by atoms with Crippen LogP contribution in [0.3, 0.4) is 0 Å². The second-order valence-corrected chi connectivity index (χ2v) is 3.10. The first-order valence-electron chi connectivity index (χ1n) is 4.68. The summed E-state index contributed by atoms with van der Waals surface area (Å²) < 4.78 is 0. The summed E-state index contributed by atoms with van der Waals surface area (Å²) in [5.74, 6) is 0. The van der Waals surface area contributed by atoms with Gasteiger partial charge < -0.3 is 4.90 Å². The fraction of sp³-hybridized carbons (Fsp3) is 0.636. The highest BCUT2D eigenvalue weighted by molar-refractivity contribution is 5.21. The molecule has 0 unspecified atom stereocenters. The second kappa shape index (κ2) is 5.87.